The normalized spacial score (nSPS) is 19.0. The molecular weight excluding hydrogens is 479 g/mol. The Labute approximate surface area is 203 Å². The average molecular weight is 502 g/mol. The third-order valence-electron chi connectivity index (χ3n) is 6.34. The van der Waals surface area contributed by atoms with Crippen molar-refractivity contribution in [3.63, 3.8) is 0 Å². The quantitative estimate of drug-likeness (QED) is 0.492. The fourth-order valence-corrected chi connectivity index (χ4v) is 5.17. The Morgan fingerprint density at radius 3 is 2.49 bits per heavy atom. The molecular formula is C23H22F3N7OS. The van der Waals surface area contributed by atoms with E-state index >= 15 is 0 Å². The van der Waals surface area contributed by atoms with Gasteiger partial charge in [-0.05, 0) is 29.5 Å². The standard InChI is InChI=1S/C23H22F3N7OS/c1-4-23(18-12-35-18)21(34)31(2)17-9-28-22(30-20(17)32(23)3)27-7-14-8-29-33(11-14)10-13-5-15(24)19(26)16(25)6-13/h5-6,8-9,11-12H,4,7,10H2,1-3H3,(H,27,28,30)/t23-/m0/s1. The number of nitrogens with one attached hydrogen (secondary N) is 1. The van der Waals surface area contributed by atoms with Crippen molar-refractivity contribution in [2.75, 3.05) is 29.2 Å². The molecule has 0 saturated heterocycles. The van der Waals surface area contributed by atoms with Gasteiger partial charge in [-0.2, -0.15) is 10.1 Å². The number of amides is 1. The summed E-state index contributed by atoms with van der Waals surface area (Å²) >= 11 is 1.57. The van der Waals surface area contributed by atoms with Gasteiger partial charge >= 0.3 is 0 Å². The summed E-state index contributed by atoms with van der Waals surface area (Å²) in [6.07, 6.45) is 5.55. The van der Waals surface area contributed by atoms with Gasteiger partial charge in [0.1, 0.15) is 5.69 Å². The molecule has 0 saturated carbocycles. The third kappa shape index (κ3) is 3.91. The molecule has 35 heavy (non-hydrogen) atoms. The summed E-state index contributed by atoms with van der Waals surface area (Å²) in [6, 6.07) is 1.90. The van der Waals surface area contributed by atoms with Crippen molar-refractivity contribution in [1.29, 1.82) is 0 Å². The highest BCUT2D eigenvalue weighted by molar-refractivity contribution is 8.12. The molecule has 2 aliphatic heterocycles. The number of halogens is 3. The van der Waals surface area contributed by atoms with Gasteiger partial charge in [0.2, 0.25) is 5.95 Å². The molecule has 0 spiro atoms. The number of fused-ring (bicyclic) bond motifs is 1. The van der Waals surface area contributed by atoms with Gasteiger partial charge in [0, 0.05) is 37.3 Å². The topological polar surface area (TPSA) is 79.2 Å². The average Bonchev–Trinajstić information content (AvgIpc) is 3.60. The van der Waals surface area contributed by atoms with E-state index in [-0.39, 0.29) is 18.0 Å². The van der Waals surface area contributed by atoms with Crippen molar-refractivity contribution in [1.82, 2.24) is 19.7 Å². The summed E-state index contributed by atoms with van der Waals surface area (Å²) in [5.74, 6) is -2.94. The van der Waals surface area contributed by atoms with E-state index in [2.05, 4.69) is 20.4 Å². The maximum absolute atomic E-state index is 13.5. The zero-order valence-corrected chi connectivity index (χ0v) is 20.0. The molecule has 3 aromatic rings. The number of benzene rings is 1. The lowest BCUT2D eigenvalue weighted by Gasteiger charge is -2.46. The lowest BCUT2D eigenvalue weighted by molar-refractivity contribution is -0.122. The Kier molecular flexibility index (Phi) is 5.70. The van der Waals surface area contributed by atoms with E-state index in [1.807, 2.05) is 24.3 Å². The molecule has 182 valence electrons. The maximum atomic E-state index is 13.5. The lowest BCUT2D eigenvalue weighted by Crippen LogP contribution is -2.61. The van der Waals surface area contributed by atoms with Gasteiger partial charge in [0.05, 0.1) is 18.9 Å². The first-order valence-corrected chi connectivity index (χ1v) is 11.8. The molecule has 1 aromatic carbocycles. The fourth-order valence-electron chi connectivity index (χ4n) is 4.36. The molecule has 0 unspecified atom stereocenters. The molecule has 0 bridgehead atoms. The number of hydrogen-bond acceptors (Lipinski definition) is 7. The molecule has 0 fully saturated rings. The van der Waals surface area contributed by atoms with Crippen LogP contribution in [-0.4, -0.2) is 45.3 Å². The molecule has 0 radical (unpaired) electrons. The van der Waals surface area contributed by atoms with Crippen LogP contribution in [0.4, 0.5) is 30.6 Å². The molecule has 1 atom stereocenters. The van der Waals surface area contributed by atoms with Crippen LogP contribution in [0.5, 0.6) is 0 Å². The van der Waals surface area contributed by atoms with Crippen molar-refractivity contribution in [3.8, 4) is 0 Å². The number of rotatable bonds is 7. The highest BCUT2D eigenvalue weighted by Crippen LogP contribution is 2.52. The van der Waals surface area contributed by atoms with Crippen molar-refractivity contribution in [2.45, 2.75) is 32.0 Å². The summed E-state index contributed by atoms with van der Waals surface area (Å²) in [4.78, 5) is 26.8. The lowest BCUT2D eigenvalue weighted by atomic mass is 9.90. The van der Waals surface area contributed by atoms with E-state index in [4.69, 9.17) is 0 Å². The Morgan fingerprint density at radius 1 is 1.11 bits per heavy atom. The number of carbonyl (C=O) groups excluding carboxylic acids is 1. The Morgan fingerprint density at radius 2 is 1.83 bits per heavy atom. The van der Waals surface area contributed by atoms with Crippen molar-refractivity contribution in [2.24, 2.45) is 0 Å². The number of thioether (sulfide) groups is 1. The van der Waals surface area contributed by atoms with Crippen molar-refractivity contribution in [3.05, 3.63) is 69.6 Å². The minimum atomic E-state index is -1.49. The van der Waals surface area contributed by atoms with Gasteiger partial charge < -0.3 is 15.1 Å². The molecule has 5 rings (SSSR count). The number of carbonyl (C=O) groups is 1. The second-order valence-electron chi connectivity index (χ2n) is 8.41. The Balaban J connectivity index is 1.31. The van der Waals surface area contributed by atoms with Gasteiger partial charge in [-0.25, -0.2) is 18.2 Å². The Hall–Kier alpha value is -3.54. The van der Waals surface area contributed by atoms with E-state index in [0.29, 0.717) is 30.4 Å². The van der Waals surface area contributed by atoms with Gasteiger partial charge in [0.25, 0.3) is 5.91 Å². The van der Waals surface area contributed by atoms with E-state index in [1.54, 1.807) is 42.3 Å². The molecule has 2 aromatic heterocycles. The molecule has 2 aliphatic rings. The SMILES string of the molecule is CC[C@]1(C2=CS2)C(=O)N(C)c2cnc(NCc3cnn(Cc4cc(F)c(F)c(F)c4)c3)nc2N1C. The van der Waals surface area contributed by atoms with Crippen LogP contribution in [0.2, 0.25) is 0 Å². The van der Waals surface area contributed by atoms with Crippen LogP contribution in [0.15, 0.2) is 41.0 Å². The van der Waals surface area contributed by atoms with E-state index < -0.39 is 23.0 Å². The van der Waals surface area contributed by atoms with Crippen molar-refractivity contribution < 1.29 is 18.0 Å². The number of anilines is 3. The minimum Gasteiger partial charge on any atom is -0.350 e. The summed E-state index contributed by atoms with van der Waals surface area (Å²) in [6.45, 7) is 2.42. The van der Waals surface area contributed by atoms with Crippen LogP contribution in [0.1, 0.15) is 24.5 Å². The van der Waals surface area contributed by atoms with Crippen molar-refractivity contribution >= 4 is 35.1 Å². The molecule has 0 aliphatic carbocycles. The summed E-state index contributed by atoms with van der Waals surface area (Å²) < 4.78 is 41.6. The summed E-state index contributed by atoms with van der Waals surface area (Å²) in [7, 11) is 3.60. The number of likely N-dealkylation sites (N-methyl/N-ethyl adjacent to an activating group) is 2. The maximum Gasteiger partial charge on any atom is 0.258 e. The van der Waals surface area contributed by atoms with Crippen LogP contribution < -0.4 is 15.1 Å². The fraction of sp³-hybridized carbons (Fsp3) is 0.304. The van der Waals surface area contributed by atoms with Crippen LogP contribution in [-0.2, 0) is 17.9 Å². The molecule has 1 amide bonds. The first-order valence-electron chi connectivity index (χ1n) is 10.9. The monoisotopic (exact) mass is 501 g/mol. The van der Waals surface area contributed by atoms with Crippen LogP contribution >= 0.6 is 11.8 Å². The smallest absolute Gasteiger partial charge is 0.258 e. The molecule has 12 heteroatoms. The second kappa shape index (κ2) is 8.59. The number of nitrogens with zero attached hydrogens (tertiary/aromatic N) is 6. The predicted molar refractivity (Wildman–Crippen MR) is 128 cm³/mol. The zero-order valence-electron chi connectivity index (χ0n) is 19.2. The van der Waals surface area contributed by atoms with Gasteiger partial charge in [-0.1, -0.05) is 18.7 Å². The minimum absolute atomic E-state index is 0.0103. The van der Waals surface area contributed by atoms with Gasteiger partial charge in [-0.15, -0.1) is 0 Å². The Bertz CT molecular complexity index is 1340. The zero-order chi connectivity index (χ0) is 24.9. The second-order valence-corrected chi connectivity index (χ2v) is 9.32. The number of aromatic nitrogens is 4. The van der Waals surface area contributed by atoms with Crippen LogP contribution in [0, 0.1) is 17.5 Å². The molecule has 4 heterocycles. The van der Waals surface area contributed by atoms with Gasteiger partial charge in [0.15, 0.2) is 28.8 Å². The predicted octanol–water partition coefficient (Wildman–Crippen LogP) is 3.90. The third-order valence-corrected chi connectivity index (χ3v) is 7.15. The van der Waals surface area contributed by atoms with E-state index in [1.165, 1.54) is 4.68 Å². The summed E-state index contributed by atoms with van der Waals surface area (Å²) in [5.41, 5.74) is 0.910. The van der Waals surface area contributed by atoms with Gasteiger partial charge in [-0.3, -0.25) is 9.48 Å². The van der Waals surface area contributed by atoms with Crippen LogP contribution in [0.3, 0.4) is 0 Å². The summed E-state index contributed by atoms with van der Waals surface area (Å²) in [5, 5.41) is 9.34. The first-order chi connectivity index (χ1) is 16.7. The molecule has 1 N–H and O–H groups in total. The number of hydrogen-bond donors (Lipinski definition) is 1. The van der Waals surface area contributed by atoms with E-state index in [0.717, 1.165) is 22.6 Å². The van der Waals surface area contributed by atoms with Crippen LogP contribution in [0.25, 0.3) is 0 Å². The largest absolute Gasteiger partial charge is 0.350 e. The highest BCUT2D eigenvalue weighted by atomic mass is 32.2. The highest BCUT2D eigenvalue weighted by Gasteiger charge is 2.53. The first kappa shape index (κ1) is 23.2. The molecule has 8 nitrogen and oxygen atoms in total. The van der Waals surface area contributed by atoms with E-state index in [9.17, 15) is 18.0 Å².